The fourth-order valence-corrected chi connectivity index (χ4v) is 2.16. The van der Waals surface area contributed by atoms with Crippen molar-refractivity contribution in [2.24, 2.45) is 0 Å². The second kappa shape index (κ2) is 4.80. The Hall–Kier alpha value is -1.84. The molecule has 2 N–H and O–H groups in total. The van der Waals surface area contributed by atoms with Crippen molar-refractivity contribution in [3.8, 4) is 0 Å². The van der Waals surface area contributed by atoms with Gasteiger partial charge in [-0.2, -0.15) is 0 Å². The maximum atomic E-state index is 12.2. The number of carboxylic acids is 1. The minimum atomic E-state index is -0.977. The highest BCUT2D eigenvalue weighted by atomic mass is 16.4. The van der Waals surface area contributed by atoms with Gasteiger partial charge in [0.1, 0.15) is 6.04 Å². The van der Waals surface area contributed by atoms with Crippen molar-refractivity contribution in [1.29, 1.82) is 0 Å². The molecule has 18 heavy (non-hydrogen) atoms. The molecule has 0 spiro atoms. The van der Waals surface area contributed by atoms with Crippen molar-refractivity contribution in [2.75, 3.05) is 0 Å². The van der Waals surface area contributed by atoms with Crippen molar-refractivity contribution >= 4 is 11.9 Å². The van der Waals surface area contributed by atoms with Gasteiger partial charge in [-0.15, -0.1) is 0 Å². The molecule has 1 fully saturated rings. The Morgan fingerprint density at radius 2 is 1.94 bits per heavy atom. The van der Waals surface area contributed by atoms with Crippen LogP contribution in [0, 0.1) is 0 Å². The van der Waals surface area contributed by atoms with Gasteiger partial charge >= 0.3 is 5.97 Å². The lowest BCUT2D eigenvalue weighted by Gasteiger charge is -2.19. The van der Waals surface area contributed by atoms with Gasteiger partial charge in [-0.25, -0.2) is 4.79 Å². The predicted octanol–water partition coefficient (Wildman–Crippen LogP) is 1.70. The lowest BCUT2D eigenvalue weighted by atomic mass is 9.94. The van der Waals surface area contributed by atoms with Crippen molar-refractivity contribution in [3.05, 3.63) is 35.9 Å². The summed E-state index contributed by atoms with van der Waals surface area (Å²) in [4.78, 5) is 23.2. The van der Waals surface area contributed by atoms with E-state index in [1.165, 1.54) is 0 Å². The Bertz CT molecular complexity index is 451. The molecule has 0 bridgehead atoms. The van der Waals surface area contributed by atoms with E-state index < -0.39 is 17.4 Å². The summed E-state index contributed by atoms with van der Waals surface area (Å²) in [5.74, 6) is -1.14. The summed E-state index contributed by atoms with van der Waals surface area (Å²) in [6.45, 7) is 1.75. The first-order valence-electron chi connectivity index (χ1n) is 6.19. The van der Waals surface area contributed by atoms with E-state index in [9.17, 15) is 9.59 Å². The van der Waals surface area contributed by atoms with E-state index in [0.29, 0.717) is 6.42 Å². The Labute approximate surface area is 106 Å². The van der Waals surface area contributed by atoms with Crippen LogP contribution in [0.3, 0.4) is 0 Å². The molecule has 0 aliphatic heterocycles. The smallest absolute Gasteiger partial charge is 0.326 e. The van der Waals surface area contributed by atoms with Gasteiger partial charge in [0.25, 0.3) is 0 Å². The van der Waals surface area contributed by atoms with Gasteiger partial charge in [0, 0.05) is 0 Å². The molecule has 1 atom stereocenters. The monoisotopic (exact) mass is 247 g/mol. The Morgan fingerprint density at radius 3 is 2.39 bits per heavy atom. The van der Waals surface area contributed by atoms with Crippen LogP contribution in [0.15, 0.2) is 30.3 Å². The van der Waals surface area contributed by atoms with Gasteiger partial charge < -0.3 is 10.4 Å². The first-order chi connectivity index (χ1) is 8.60. The third-order valence-corrected chi connectivity index (χ3v) is 3.52. The maximum absolute atomic E-state index is 12.2. The first kappa shape index (κ1) is 12.6. The predicted molar refractivity (Wildman–Crippen MR) is 67.2 cm³/mol. The maximum Gasteiger partial charge on any atom is 0.326 e. The molecule has 1 amide bonds. The third-order valence-electron chi connectivity index (χ3n) is 3.52. The highest BCUT2D eigenvalue weighted by Crippen LogP contribution is 2.48. The average molecular weight is 247 g/mol. The van der Waals surface area contributed by atoms with Crippen LogP contribution in [0.4, 0.5) is 0 Å². The number of hydrogen-bond acceptors (Lipinski definition) is 2. The molecule has 1 aromatic carbocycles. The van der Waals surface area contributed by atoms with Gasteiger partial charge in [0.05, 0.1) is 5.41 Å². The summed E-state index contributed by atoms with van der Waals surface area (Å²) in [5.41, 5.74) is 0.479. The van der Waals surface area contributed by atoms with E-state index >= 15 is 0 Å². The van der Waals surface area contributed by atoms with Gasteiger partial charge in [-0.1, -0.05) is 37.3 Å². The molecule has 2 rings (SSSR count). The molecule has 96 valence electrons. The van der Waals surface area contributed by atoms with Crippen molar-refractivity contribution in [3.63, 3.8) is 0 Å². The second-order valence-corrected chi connectivity index (χ2v) is 4.72. The Morgan fingerprint density at radius 1 is 1.33 bits per heavy atom. The van der Waals surface area contributed by atoms with Crippen LogP contribution in [0.2, 0.25) is 0 Å². The fourth-order valence-electron chi connectivity index (χ4n) is 2.16. The summed E-state index contributed by atoms with van der Waals surface area (Å²) >= 11 is 0. The zero-order valence-electron chi connectivity index (χ0n) is 10.3. The molecule has 1 saturated carbocycles. The molecule has 4 heteroatoms. The molecule has 0 saturated heterocycles. The summed E-state index contributed by atoms with van der Waals surface area (Å²) in [7, 11) is 0. The number of carboxylic acid groups (broad SMARTS) is 1. The van der Waals surface area contributed by atoms with Crippen LogP contribution in [0.1, 0.15) is 31.7 Å². The van der Waals surface area contributed by atoms with Crippen molar-refractivity contribution in [2.45, 2.75) is 37.6 Å². The zero-order valence-corrected chi connectivity index (χ0v) is 10.3. The molecule has 1 aromatic rings. The van der Waals surface area contributed by atoms with E-state index in [1.54, 1.807) is 6.92 Å². The Kier molecular flexibility index (Phi) is 3.36. The lowest BCUT2D eigenvalue weighted by Crippen LogP contribution is -2.45. The van der Waals surface area contributed by atoms with E-state index in [2.05, 4.69) is 5.32 Å². The van der Waals surface area contributed by atoms with Gasteiger partial charge in [0.2, 0.25) is 5.91 Å². The number of hydrogen-bond donors (Lipinski definition) is 2. The standard InChI is InChI=1S/C14H17NO3/c1-2-11(12(16)17)15-13(18)14(8-9-14)10-6-4-3-5-7-10/h3-7,11H,2,8-9H2,1H3,(H,15,18)(H,16,17). The molecule has 1 aliphatic rings. The summed E-state index contributed by atoms with van der Waals surface area (Å²) in [6.07, 6.45) is 1.98. The molecule has 4 nitrogen and oxygen atoms in total. The van der Waals surface area contributed by atoms with Crippen molar-refractivity contribution < 1.29 is 14.7 Å². The van der Waals surface area contributed by atoms with E-state index in [1.807, 2.05) is 30.3 Å². The number of carbonyl (C=O) groups excluding carboxylic acids is 1. The second-order valence-electron chi connectivity index (χ2n) is 4.72. The molecular weight excluding hydrogens is 230 g/mol. The third kappa shape index (κ3) is 2.23. The SMILES string of the molecule is CCC(NC(=O)C1(c2ccccc2)CC1)C(=O)O. The number of rotatable bonds is 5. The molecule has 0 radical (unpaired) electrons. The molecule has 1 unspecified atom stereocenters. The molecule has 0 heterocycles. The topological polar surface area (TPSA) is 66.4 Å². The van der Waals surface area contributed by atoms with Crippen LogP contribution >= 0.6 is 0 Å². The minimum absolute atomic E-state index is 0.164. The van der Waals surface area contributed by atoms with Crippen LogP contribution in [0.25, 0.3) is 0 Å². The van der Waals surface area contributed by atoms with Gasteiger partial charge in [0.15, 0.2) is 0 Å². The van der Waals surface area contributed by atoms with Crippen molar-refractivity contribution in [1.82, 2.24) is 5.32 Å². The number of amides is 1. The van der Waals surface area contributed by atoms with Crippen LogP contribution in [-0.4, -0.2) is 23.0 Å². The summed E-state index contributed by atoms with van der Waals surface area (Å²) in [5, 5.41) is 11.6. The largest absolute Gasteiger partial charge is 0.480 e. The van der Waals surface area contributed by atoms with Crippen LogP contribution < -0.4 is 5.32 Å². The van der Waals surface area contributed by atoms with E-state index in [-0.39, 0.29) is 5.91 Å². The zero-order chi connectivity index (χ0) is 13.2. The fraction of sp³-hybridized carbons (Fsp3) is 0.429. The van der Waals surface area contributed by atoms with Gasteiger partial charge in [-0.05, 0) is 24.8 Å². The van der Waals surface area contributed by atoms with E-state index in [0.717, 1.165) is 18.4 Å². The number of benzene rings is 1. The van der Waals surface area contributed by atoms with E-state index in [4.69, 9.17) is 5.11 Å². The lowest BCUT2D eigenvalue weighted by molar-refractivity contribution is -0.142. The highest BCUT2D eigenvalue weighted by Gasteiger charge is 2.51. The summed E-state index contributed by atoms with van der Waals surface area (Å²) < 4.78 is 0. The summed E-state index contributed by atoms with van der Waals surface area (Å²) in [6, 6.07) is 8.76. The quantitative estimate of drug-likeness (QED) is 0.832. The van der Waals surface area contributed by atoms with Crippen LogP contribution in [0.5, 0.6) is 0 Å². The normalized spacial score (nSPS) is 17.8. The Balaban J connectivity index is 2.12. The number of aliphatic carboxylic acids is 1. The van der Waals surface area contributed by atoms with Crippen LogP contribution in [-0.2, 0) is 15.0 Å². The minimum Gasteiger partial charge on any atom is -0.480 e. The molecule has 1 aliphatic carbocycles. The number of nitrogens with one attached hydrogen (secondary N) is 1. The molecular formula is C14H17NO3. The van der Waals surface area contributed by atoms with Gasteiger partial charge in [-0.3, -0.25) is 4.79 Å². The highest BCUT2D eigenvalue weighted by molar-refractivity contribution is 5.93. The first-order valence-corrected chi connectivity index (χ1v) is 6.19. The molecule has 0 aromatic heterocycles. The number of carbonyl (C=O) groups is 2. The average Bonchev–Trinajstić information content (AvgIpc) is 3.18.